The summed E-state index contributed by atoms with van der Waals surface area (Å²) in [6, 6.07) is -0.302. The highest BCUT2D eigenvalue weighted by Gasteiger charge is 2.21. The zero-order valence-corrected chi connectivity index (χ0v) is 28.5. The molecule has 1 fully saturated rings. The molecule has 13 nitrogen and oxygen atoms in total. The summed E-state index contributed by atoms with van der Waals surface area (Å²) in [7, 11) is 4.76. The van der Waals surface area contributed by atoms with Gasteiger partial charge in [0.05, 0.1) is 25.9 Å². The number of hydrogen-bond donors (Lipinski definition) is 3. The van der Waals surface area contributed by atoms with Crippen molar-refractivity contribution in [3.63, 3.8) is 0 Å². The van der Waals surface area contributed by atoms with Crippen LogP contribution in [-0.2, 0) is 37.9 Å². The zero-order chi connectivity index (χ0) is 33.2. The highest BCUT2D eigenvalue weighted by Crippen LogP contribution is 2.32. The Morgan fingerprint density at radius 3 is 1.47 bits per heavy atom. The minimum absolute atomic E-state index is 0.0710. The lowest BCUT2D eigenvalue weighted by atomic mass is 10.1. The third kappa shape index (κ3) is 34.6. The van der Waals surface area contributed by atoms with Crippen molar-refractivity contribution < 1.29 is 52.6 Å². The first-order valence-corrected chi connectivity index (χ1v) is 15.0. The number of amides is 2. The van der Waals surface area contributed by atoms with E-state index in [1.54, 1.807) is 35.0 Å². The summed E-state index contributed by atoms with van der Waals surface area (Å²) in [6.07, 6.45) is 5.23. The fourth-order valence-corrected chi connectivity index (χ4v) is 3.07. The number of aliphatic hydroxyl groups is 1. The summed E-state index contributed by atoms with van der Waals surface area (Å²) in [4.78, 5) is 22.9. The first-order valence-electron chi connectivity index (χ1n) is 15.0. The summed E-state index contributed by atoms with van der Waals surface area (Å²) in [5, 5.41) is 14.5. The second-order valence-electron chi connectivity index (χ2n) is 12.0. The third-order valence-electron chi connectivity index (χ3n) is 5.35. The highest BCUT2D eigenvalue weighted by molar-refractivity contribution is 5.68. The standard InChI is InChI=1S/C12H25NO4.C11H23NO5.C7H14O2/c1-6-10(7-8-16-9-15-5)13-11(14)17-12(2,3)4;1-11(2,3)17-10(14)12-9(7-13)5-6-16-8-15-4;1-8-6-9-5-4-7-2-3-7/h10H,6-9H2,1-5H3,(H,13,14);9,13H,5-8H2,1-4H3,(H,12,14);7H,2-6H2,1H3/t10-;9-;/m10./s1. The largest absolute Gasteiger partial charge is 0.444 e. The van der Waals surface area contributed by atoms with E-state index in [9.17, 15) is 9.59 Å². The molecule has 0 aromatic rings. The first kappa shape index (κ1) is 43.4. The maximum Gasteiger partial charge on any atom is 0.407 e. The fourth-order valence-electron chi connectivity index (χ4n) is 3.07. The normalized spacial score (nSPS) is 14.3. The van der Waals surface area contributed by atoms with Gasteiger partial charge in [0.2, 0.25) is 0 Å². The van der Waals surface area contributed by atoms with Crippen LogP contribution < -0.4 is 10.6 Å². The van der Waals surface area contributed by atoms with Gasteiger partial charge in [-0.15, -0.1) is 0 Å². The molecule has 258 valence electrons. The lowest BCUT2D eigenvalue weighted by Crippen LogP contribution is -2.41. The van der Waals surface area contributed by atoms with Gasteiger partial charge in [-0.05, 0) is 73.1 Å². The molecule has 0 unspecified atom stereocenters. The molecule has 0 heterocycles. The average Bonchev–Trinajstić information content (AvgIpc) is 3.73. The Kier molecular flexibility index (Phi) is 26.9. The monoisotopic (exact) mass is 626 g/mol. The molecule has 1 rings (SSSR count). The average molecular weight is 627 g/mol. The first-order chi connectivity index (χ1) is 20.2. The molecule has 1 aliphatic carbocycles. The van der Waals surface area contributed by atoms with E-state index in [4.69, 9.17) is 43.0 Å². The van der Waals surface area contributed by atoms with Crippen LogP contribution in [0.25, 0.3) is 0 Å². The Morgan fingerprint density at radius 2 is 1.12 bits per heavy atom. The minimum Gasteiger partial charge on any atom is -0.444 e. The number of carbonyl (C=O) groups is 2. The zero-order valence-electron chi connectivity index (χ0n) is 28.5. The number of carbonyl (C=O) groups excluding carboxylic acids is 2. The predicted molar refractivity (Wildman–Crippen MR) is 164 cm³/mol. The molecule has 1 aliphatic rings. The van der Waals surface area contributed by atoms with Gasteiger partial charge in [0.1, 0.15) is 31.6 Å². The van der Waals surface area contributed by atoms with Crippen molar-refractivity contribution >= 4 is 12.2 Å². The van der Waals surface area contributed by atoms with Gasteiger partial charge in [0, 0.05) is 34.0 Å². The smallest absolute Gasteiger partial charge is 0.407 e. The van der Waals surface area contributed by atoms with Crippen LogP contribution in [0, 0.1) is 5.92 Å². The second kappa shape index (κ2) is 26.6. The van der Waals surface area contributed by atoms with Crippen LogP contribution in [0.3, 0.4) is 0 Å². The van der Waals surface area contributed by atoms with Gasteiger partial charge in [-0.3, -0.25) is 0 Å². The number of hydrogen-bond acceptors (Lipinski definition) is 11. The SMILES string of the molecule is CC[C@H](CCOCOC)NC(=O)OC(C)(C)C.COCOCCC1CC1.COCOCC[C@@H](CO)NC(=O)OC(C)(C)C. The fraction of sp³-hybridized carbons (Fsp3) is 0.933. The molecule has 0 saturated heterocycles. The van der Waals surface area contributed by atoms with E-state index < -0.39 is 17.3 Å². The minimum atomic E-state index is -0.545. The molecule has 0 aromatic heterocycles. The van der Waals surface area contributed by atoms with Crippen molar-refractivity contribution in [2.24, 2.45) is 5.92 Å². The Labute approximate surface area is 259 Å². The lowest BCUT2D eigenvalue weighted by molar-refractivity contribution is -0.0345. The van der Waals surface area contributed by atoms with E-state index in [0.717, 1.165) is 25.4 Å². The maximum absolute atomic E-state index is 11.5. The number of alkyl carbamates (subject to hydrolysis) is 2. The summed E-state index contributed by atoms with van der Waals surface area (Å²) in [6.45, 7) is 15.5. The number of ether oxygens (including phenoxy) is 8. The van der Waals surface area contributed by atoms with Gasteiger partial charge in [-0.1, -0.05) is 19.8 Å². The molecular formula is C30H62N2O11. The van der Waals surface area contributed by atoms with Crippen molar-refractivity contribution in [1.82, 2.24) is 10.6 Å². The van der Waals surface area contributed by atoms with Crippen LogP contribution in [0.15, 0.2) is 0 Å². The van der Waals surface area contributed by atoms with Crippen LogP contribution in [-0.4, -0.2) is 109 Å². The van der Waals surface area contributed by atoms with Gasteiger partial charge in [0.15, 0.2) is 0 Å². The lowest BCUT2D eigenvalue weighted by Gasteiger charge is -2.23. The van der Waals surface area contributed by atoms with Crippen LogP contribution in [0.4, 0.5) is 9.59 Å². The quantitative estimate of drug-likeness (QED) is 0.136. The van der Waals surface area contributed by atoms with Gasteiger partial charge in [-0.25, -0.2) is 9.59 Å². The van der Waals surface area contributed by atoms with Crippen LogP contribution in [0.1, 0.15) is 87.0 Å². The van der Waals surface area contributed by atoms with Gasteiger partial charge >= 0.3 is 12.2 Å². The summed E-state index contributed by atoms with van der Waals surface area (Å²) < 4.78 is 39.8. The Balaban J connectivity index is 0. The van der Waals surface area contributed by atoms with Gasteiger partial charge < -0.3 is 53.6 Å². The molecule has 3 N–H and O–H groups in total. The van der Waals surface area contributed by atoms with Crippen LogP contribution in [0.2, 0.25) is 0 Å². The predicted octanol–water partition coefficient (Wildman–Crippen LogP) is 4.59. The maximum atomic E-state index is 11.5. The van der Waals surface area contributed by atoms with Gasteiger partial charge in [0.25, 0.3) is 0 Å². The Bertz CT molecular complexity index is 619. The second-order valence-corrected chi connectivity index (χ2v) is 12.0. The van der Waals surface area contributed by atoms with E-state index in [1.807, 2.05) is 27.7 Å². The van der Waals surface area contributed by atoms with Crippen molar-refractivity contribution in [2.45, 2.75) is 110 Å². The molecule has 0 bridgehead atoms. The number of nitrogens with one attached hydrogen (secondary N) is 2. The molecule has 0 aromatic carbocycles. The summed E-state index contributed by atoms with van der Waals surface area (Å²) >= 11 is 0. The Hall–Kier alpha value is -1.74. The van der Waals surface area contributed by atoms with Gasteiger partial charge in [-0.2, -0.15) is 0 Å². The number of aliphatic hydroxyl groups excluding tert-OH is 1. The topological polar surface area (TPSA) is 152 Å². The van der Waals surface area contributed by atoms with Crippen molar-refractivity contribution in [3.05, 3.63) is 0 Å². The van der Waals surface area contributed by atoms with Crippen molar-refractivity contribution in [2.75, 3.05) is 68.1 Å². The Morgan fingerprint density at radius 1 is 0.721 bits per heavy atom. The molecule has 0 spiro atoms. The number of methoxy groups -OCH3 is 3. The van der Waals surface area contributed by atoms with E-state index >= 15 is 0 Å². The van der Waals surface area contributed by atoms with E-state index in [2.05, 4.69) is 10.6 Å². The van der Waals surface area contributed by atoms with E-state index in [1.165, 1.54) is 26.4 Å². The number of rotatable bonds is 19. The van der Waals surface area contributed by atoms with Crippen LogP contribution in [0.5, 0.6) is 0 Å². The van der Waals surface area contributed by atoms with E-state index in [-0.39, 0.29) is 38.4 Å². The summed E-state index contributed by atoms with van der Waals surface area (Å²) in [5.74, 6) is 0.974. The van der Waals surface area contributed by atoms with Crippen molar-refractivity contribution in [3.8, 4) is 0 Å². The molecule has 2 atom stereocenters. The molecule has 13 heteroatoms. The molecule has 2 amide bonds. The van der Waals surface area contributed by atoms with E-state index in [0.29, 0.717) is 26.4 Å². The van der Waals surface area contributed by atoms with Crippen LogP contribution >= 0.6 is 0 Å². The molecule has 0 aliphatic heterocycles. The molecule has 0 radical (unpaired) electrons. The van der Waals surface area contributed by atoms with Crippen molar-refractivity contribution in [1.29, 1.82) is 0 Å². The third-order valence-corrected chi connectivity index (χ3v) is 5.35. The molecule has 1 saturated carbocycles. The summed E-state index contributed by atoms with van der Waals surface area (Å²) in [5.41, 5.74) is -1.01. The molecule has 43 heavy (non-hydrogen) atoms. The highest BCUT2D eigenvalue weighted by atomic mass is 16.7. The molecular weight excluding hydrogens is 564 g/mol.